The number of aromatic nitrogens is 2. The number of aryl methyl sites for hydroxylation is 3. The molecule has 1 aromatic carbocycles. The van der Waals surface area contributed by atoms with E-state index in [2.05, 4.69) is 9.56 Å². The van der Waals surface area contributed by atoms with Crippen LogP contribution in [0.2, 0.25) is 0 Å². The lowest BCUT2D eigenvalue weighted by molar-refractivity contribution is -0.137. The fourth-order valence-corrected chi connectivity index (χ4v) is 5.90. The summed E-state index contributed by atoms with van der Waals surface area (Å²) in [7, 11) is 0. The summed E-state index contributed by atoms with van der Waals surface area (Å²) in [5, 5.41) is 0.966. The molecule has 0 spiro atoms. The van der Waals surface area contributed by atoms with Crippen molar-refractivity contribution in [2.75, 3.05) is 6.61 Å². The molecule has 33 heavy (non-hydrogen) atoms. The summed E-state index contributed by atoms with van der Waals surface area (Å²) in [6, 6.07) is 4.54. The molecule has 174 valence electrons. The molecule has 1 amide bonds. The minimum atomic E-state index is -4.47. The van der Waals surface area contributed by atoms with Crippen LogP contribution in [0.5, 0.6) is 5.75 Å². The van der Waals surface area contributed by atoms with Gasteiger partial charge in [-0.2, -0.15) is 18.2 Å². The first-order valence-corrected chi connectivity index (χ1v) is 12.1. The zero-order valence-corrected chi connectivity index (χ0v) is 18.9. The Labute approximate surface area is 192 Å². The van der Waals surface area contributed by atoms with Crippen LogP contribution in [0, 0.1) is 0 Å². The van der Waals surface area contributed by atoms with Gasteiger partial charge in [-0.05, 0) is 62.3 Å². The van der Waals surface area contributed by atoms with Crippen LogP contribution in [0.1, 0.15) is 53.9 Å². The van der Waals surface area contributed by atoms with E-state index < -0.39 is 24.3 Å². The molecule has 2 aliphatic rings. The first-order chi connectivity index (χ1) is 15.9. The Morgan fingerprint density at radius 3 is 2.79 bits per heavy atom. The number of ether oxygens (including phenoxy) is 1. The lowest BCUT2D eigenvalue weighted by atomic mass is 9.97. The van der Waals surface area contributed by atoms with Crippen LogP contribution >= 0.6 is 11.3 Å². The minimum absolute atomic E-state index is 0.00681. The molecule has 0 radical (unpaired) electrons. The van der Waals surface area contributed by atoms with Crippen molar-refractivity contribution in [3.63, 3.8) is 0 Å². The van der Waals surface area contributed by atoms with Gasteiger partial charge in [-0.1, -0.05) is 12.5 Å². The SMILES string of the molecule is O=C(COc1cccc(C(F)(F)F)c1)N=c1c2c3c(sc2nc2n1CCCCC2)CCCC3. The van der Waals surface area contributed by atoms with E-state index in [0.717, 1.165) is 86.1 Å². The number of alkyl halides is 3. The molecule has 1 aliphatic heterocycles. The molecule has 5 nitrogen and oxygen atoms in total. The molecular weight excluding hydrogens is 451 g/mol. The van der Waals surface area contributed by atoms with Crippen molar-refractivity contribution in [2.24, 2.45) is 4.99 Å². The molecule has 5 rings (SSSR count). The summed E-state index contributed by atoms with van der Waals surface area (Å²) in [6.07, 6.45) is 3.76. The molecule has 1 aliphatic carbocycles. The molecule has 0 bridgehead atoms. The maximum atomic E-state index is 13.0. The largest absolute Gasteiger partial charge is 0.484 e. The van der Waals surface area contributed by atoms with Crippen LogP contribution in [-0.2, 0) is 36.8 Å². The van der Waals surface area contributed by atoms with Gasteiger partial charge in [0.05, 0.1) is 10.9 Å². The Kier molecular flexibility index (Phi) is 5.99. The topological polar surface area (TPSA) is 56.5 Å². The second-order valence-electron chi connectivity index (χ2n) is 8.52. The highest BCUT2D eigenvalue weighted by Gasteiger charge is 2.30. The monoisotopic (exact) mass is 475 g/mol. The number of benzene rings is 1. The Balaban J connectivity index is 1.51. The lowest BCUT2D eigenvalue weighted by Gasteiger charge is -2.14. The molecule has 0 unspecified atom stereocenters. The summed E-state index contributed by atoms with van der Waals surface area (Å²) in [6.45, 7) is 0.330. The van der Waals surface area contributed by atoms with E-state index in [-0.39, 0.29) is 5.75 Å². The average molecular weight is 476 g/mol. The Hall–Kier alpha value is -2.68. The number of carbonyl (C=O) groups is 1. The van der Waals surface area contributed by atoms with E-state index in [1.54, 1.807) is 11.3 Å². The number of hydrogen-bond donors (Lipinski definition) is 0. The lowest BCUT2D eigenvalue weighted by Crippen LogP contribution is -2.28. The zero-order chi connectivity index (χ0) is 23.0. The fraction of sp³-hybridized carbons (Fsp3) is 0.458. The number of nitrogens with zero attached hydrogens (tertiary/aromatic N) is 3. The van der Waals surface area contributed by atoms with Crippen molar-refractivity contribution >= 4 is 27.5 Å². The summed E-state index contributed by atoms with van der Waals surface area (Å²) in [5.41, 5.74) is 1.07. The molecule has 0 saturated carbocycles. The van der Waals surface area contributed by atoms with Crippen molar-refractivity contribution in [3.8, 4) is 5.75 Å². The van der Waals surface area contributed by atoms with Gasteiger partial charge < -0.3 is 9.30 Å². The van der Waals surface area contributed by atoms with Crippen LogP contribution in [0.3, 0.4) is 0 Å². The third-order valence-corrected chi connectivity index (χ3v) is 7.40. The van der Waals surface area contributed by atoms with E-state index in [4.69, 9.17) is 9.72 Å². The maximum Gasteiger partial charge on any atom is 0.416 e. The smallest absolute Gasteiger partial charge is 0.416 e. The van der Waals surface area contributed by atoms with Crippen molar-refractivity contribution < 1.29 is 22.7 Å². The van der Waals surface area contributed by atoms with Gasteiger partial charge in [0.2, 0.25) is 0 Å². The Bertz CT molecular complexity index is 1280. The summed E-state index contributed by atoms with van der Waals surface area (Å²) in [4.78, 5) is 24.5. The van der Waals surface area contributed by atoms with Crippen molar-refractivity contribution in [3.05, 3.63) is 51.6 Å². The molecule has 0 atom stereocenters. The predicted molar refractivity (Wildman–Crippen MR) is 119 cm³/mol. The fourth-order valence-electron chi connectivity index (χ4n) is 4.63. The van der Waals surface area contributed by atoms with Gasteiger partial charge in [0.15, 0.2) is 6.61 Å². The number of halogens is 3. The van der Waals surface area contributed by atoms with E-state index in [0.29, 0.717) is 5.49 Å². The highest BCUT2D eigenvalue weighted by Crippen LogP contribution is 2.34. The zero-order valence-electron chi connectivity index (χ0n) is 18.1. The maximum absolute atomic E-state index is 13.0. The number of carbonyl (C=O) groups excluding carboxylic acids is 1. The van der Waals surface area contributed by atoms with Gasteiger partial charge in [-0.25, -0.2) is 4.98 Å². The number of rotatable bonds is 3. The van der Waals surface area contributed by atoms with E-state index in [9.17, 15) is 18.0 Å². The molecule has 9 heteroatoms. The molecule has 3 heterocycles. The predicted octanol–water partition coefficient (Wildman–Crippen LogP) is 5.23. The summed E-state index contributed by atoms with van der Waals surface area (Å²) >= 11 is 1.70. The van der Waals surface area contributed by atoms with Gasteiger partial charge in [-0.15, -0.1) is 11.3 Å². The quantitative estimate of drug-likeness (QED) is 0.521. The van der Waals surface area contributed by atoms with Crippen LogP contribution in [0.15, 0.2) is 29.3 Å². The van der Waals surface area contributed by atoms with E-state index in [1.807, 2.05) is 0 Å². The van der Waals surface area contributed by atoms with Gasteiger partial charge in [0.25, 0.3) is 5.91 Å². The molecule has 2 aromatic heterocycles. The molecule has 0 saturated heterocycles. The van der Waals surface area contributed by atoms with Gasteiger partial charge >= 0.3 is 6.18 Å². The van der Waals surface area contributed by atoms with Crippen molar-refractivity contribution in [1.29, 1.82) is 0 Å². The average Bonchev–Trinajstić information content (AvgIpc) is 2.99. The minimum Gasteiger partial charge on any atom is -0.484 e. The van der Waals surface area contributed by atoms with Crippen LogP contribution in [0.25, 0.3) is 10.2 Å². The van der Waals surface area contributed by atoms with Crippen LogP contribution in [0.4, 0.5) is 13.2 Å². The van der Waals surface area contributed by atoms with Gasteiger partial charge in [-0.3, -0.25) is 4.79 Å². The molecule has 0 fully saturated rings. The first kappa shape index (κ1) is 22.1. The van der Waals surface area contributed by atoms with E-state index in [1.165, 1.54) is 22.6 Å². The van der Waals surface area contributed by atoms with Crippen molar-refractivity contribution in [1.82, 2.24) is 9.55 Å². The highest BCUT2D eigenvalue weighted by molar-refractivity contribution is 7.18. The van der Waals surface area contributed by atoms with Crippen LogP contribution < -0.4 is 10.2 Å². The Morgan fingerprint density at radius 2 is 1.94 bits per heavy atom. The second kappa shape index (κ2) is 8.93. The molecule has 3 aromatic rings. The number of thiophene rings is 1. The first-order valence-electron chi connectivity index (χ1n) is 11.3. The molecular formula is C24H24F3N3O2S. The Morgan fingerprint density at radius 1 is 1.12 bits per heavy atom. The second-order valence-corrected chi connectivity index (χ2v) is 9.61. The summed E-state index contributed by atoms with van der Waals surface area (Å²) in [5.74, 6) is 0.422. The highest BCUT2D eigenvalue weighted by atomic mass is 32.1. The summed E-state index contributed by atoms with van der Waals surface area (Å²) < 4.78 is 46.3. The van der Waals surface area contributed by atoms with Gasteiger partial charge in [0.1, 0.15) is 21.9 Å². The number of hydrogen-bond acceptors (Lipinski definition) is 4. The van der Waals surface area contributed by atoms with Crippen LogP contribution in [-0.4, -0.2) is 22.1 Å². The number of fused-ring (bicyclic) bond motifs is 4. The van der Waals surface area contributed by atoms with E-state index >= 15 is 0 Å². The normalized spacial score (nSPS) is 16.9. The van der Waals surface area contributed by atoms with Gasteiger partial charge in [0, 0.05) is 17.8 Å². The standard InChI is InChI=1S/C24H24F3N3O2S/c25-24(26,27)15-7-6-8-16(13-15)32-14-20(31)29-22-21-17-9-3-4-10-18(17)33-23(21)28-19-11-2-1-5-12-30(19)22/h6-8,13H,1-5,9-12,14H2. The third-order valence-electron chi connectivity index (χ3n) is 6.21. The van der Waals surface area contributed by atoms with Crippen molar-refractivity contribution in [2.45, 2.75) is 64.1 Å². The number of amides is 1. The third kappa shape index (κ3) is 4.55. The molecule has 0 N–H and O–H groups in total.